The van der Waals surface area contributed by atoms with Crippen molar-refractivity contribution in [3.05, 3.63) is 57.1 Å². The van der Waals surface area contributed by atoms with Crippen LogP contribution in [0.1, 0.15) is 21.9 Å². The van der Waals surface area contributed by atoms with Crippen LogP contribution in [0.5, 0.6) is 5.75 Å². The summed E-state index contributed by atoms with van der Waals surface area (Å²) >= 11 is 12.3. The average Bonchev–Trinajstić information content (AvgIpc) is 3.27. The van der Waals surface area contributed by atoms with E-state index in [9.17, 15) is 14.4 Å². The number of hydrogen-bond donors (Lipinski definition) is 1. The summed E-state index contributed by atoms with van der Waals surface area (Å²) in [5.41, 5.74) is 0.485. The Kier molecular flexibility index (Phi) is 6.35. The molecule has 1 N–H and O–H groups in total. The normalized spacial score (nSPS) is 14.6. The second-order valence-electron chi connectivity index (χ2n) is 5.94. The van der Waals surface area contributed by atoms with E-state index >= 15 is 0 Å². The second kappa shape index (κ2) is 8.95. The molecule has 1 aliphatic heterocycles. The summed E-state index contributed by atoms with van der Waals surface area (Å²) in [6.45, 7) is -0.173. The zero-order chi connectivity index (χ0) is 21.8. The first-order valence-corrected chi connectivity index (χ1v) is 9.16. The molecule has 0 radical (unpaired) electrons. The molecule has 10 heteroatoms. The minimum atomic E-state index is -0.664. The van der Waals surface area contributed by atoms with Gasteiger partial charge < -0.3 is 19.2 Å². The Morgan fingerprint density at radius 2 is 2.00 bits per heavy atom. The van der Waals surface area contributed by atoms with E-state index in [-0.39, 0.29) is 46.2 Å². The van der Waals surface area contributed by atoms with E-state index < -0.39 is 17.9 Å². The van der Waals surface area contributed by atoms with Crippen LogP contribution in [-0.2, 0) is 16.1 Å². The number of nitrogens with one attached hydrogen (secondary N) is 1. The minimum Gasteiger partial charge on any atom is -0.478 e. The van der Waals surface area contributed by atoms with Crippen LogP contribution in [0.25, 0.3) is 6.08 Å². The lowest BCUT2D eigenvalue weighted by molar-refractivity contribution is -0.123. The highest BCUT2D eigenvalue weighted by atomic mass is 35.5. The Labute approximate surface area is 181 Å². The van der Waals surface area contributed by atoms with Crippen LogP contribution in [0.15, 0.2) is 34.4 Å². The van der Waals surface area contributed by atoms with Crippen LogP contribution < -0.4 is 10.1 Å². The molecule has 1 aromatic heterocycles. The molecule has 30 heavy (non-hydrogen) atoms. The smallest absolute Gasteiger partial charge is 0.373 e. The van der Waals surface area contributed by atoms with E-state index in [1.807, 2.05) is 0 Å². The van der Waals surface area contributed by atoms with Crippen LogP contribution in [0.3, 0.4) is 0 Å². The van der Waals surface area contributed by atoms with Gasteiger partial charge in [0, 0.05) is 0 Å². The quantitative estimate of drug-likeness (QED) is 0.314. The number of halogens is 2. The van der Waals surface area contributed by atoms with E-state index in [4.69, 9.17) is 38.8 Å². The number of carbonyl (C=O) groups excluding carboxylic acids is 3. The molecule has 0 atom stereocenters. The molecule has 0 spiro atoms. The number of imide groups is 1. The van der Waals surface area contributed by atoms with E-state index in [2.05, 4.69) is 16.0 Å². The van der Waals surface area contributed by atoms with Crippen molar-refractivity contribution in [2.24, 2.45) is 0 Å². The number of hydrogen-bond acceptors (Lipinski definition) is 6. The fraction of sp³-hybridized carbons (Fsp3) is 0.150. The highest BCUT2D eigenvalue weighted by Crippen LogP contribution is 2.35. The maximum Gasteiger partial charge on any atom is 0.373 e. The molecule has 0 aliphatic carbocycles. The number of amides is 3. The summed E-state index contributed by atoms with van der Waals surface area (Å²) in [5, 5.41) is 2.87. The van der Waals surface area contributed by atoms with Crippen molar-refractivity contribution < 1.29 is 28.3 Å². The largest absolute Gasteiger partial charge is 0.478 e. The number of benzene rings is 1. The fourth-order valence-corrected chi connectivity index (χ4v) is 3.24. The molecule has 1 fully saturated rings. The zero-order valence-electron chi connectivity index (χ0n) is 15.5. The van der Waals surface area contributed by atoms with Gasteiger partial charge in [-0.2, -0.15) is 0 Å². The monoisotopic (exact) mass is 448 g/mol. The predicted molar refractivity (Wildman–Crippen MR) is 108 cm³/mol. The molecule has 0 saturated carbocycles. The Morgan fingerprint density at radius 1 is 1.30 bits per heavy atom. The number of esters is 1. The fourth-order valence-electron chi connectivity index (χ4n) is 2.63. The van der Waals surface area contributed by atoms with Crippen LogP contribution in [0, 0.1) is 12.3 Å². The van der Waals surface area contributed by atoms with Gasteiger partial charge in [-0.15, -0.1) is 6.42 Å². The molecule has 3 amide bonds. The van der Waals surface area contributed by atoms with Crippen molar-refractivity contribution in [3.63, 3.8) is 0 Å². The topological polar surface area (TPSA) is 98.1 Å². The third kappa shape index (κ3) is 4.43. The van der Waals surface area contributed by atoms with Gasteiger partial charge in [0.15, 0.2) is 5.75 Å². The van der Waals surface area contributed by atoms with Crippen molar-refractivity contribution in [2.75, 3.05) is 13.7 Å². The summed E-state index contributed by atoms with van der Waals surface area (Å²) < 4.78 is 15.1. The Hall–Kier alpha value is -3.41. The third-order valence-electron chi connectivity index (χ3n) is 3.96. The first-order chi connectivity index (χ1) is 14.3. The lowest BCUT2D eigenvalue weighted by atomic mass is 10.1. The molecule has 1 aliphatic rings. The highest BCUT2D eigenvalue weighted by Gasteiger charge is 2.34. The highest BCUT2D eigenvalue weighted by molar-refractivity contribution is 6.37. The van der Waals surface area contributed by atoms with Gasteiger partial charge in [0.25, 0.3) is 5.91 Å². The van der Waals surface area contributed by atoms with Crippen LogP contribution >= 0.6 is 23.2 Å². The molecule has 3 rings (SSSR count). The van der Waals surface area contributed by atoms with Gasteiger partial charge in [-0.05, 0) is 35.9 Å². The van der Waals surface area contributed by atoms with Crippen molar-refractivity contribution >= 4 is 47.2 Å². The molecule has 0 unspecified atom stereocenters. The van der Waals surface area contributed by atoms with Crippen LogP contribution in [-0.4, -0.2) is 36.5 Å². The van der Waals surface area contributed by atoms with Gasteiger partial charge in [0.2, 0.25) is 5.76 Å². The van der Waals surface area contributed by atoms with E-state index in [1.54, 1.807) is 0 Å². The van der Waals surface area contributed by atoms with E-state index in [1.165, 1.54) is 37.5 Å². The number of nitrogens with zero attached hydrogens (tertiary/aromatic N) is 1. The Balaban J connectivity index is 1.79. The van der Waals surface area contributed by atoms with Crippen molar-refractivity contribution in [1.82, 2.24) is 10.2 Å². The molecular formula is C20H14Cl2N2O6. The standard InChI is InChI=1S/C20H14Cl2N2O6/c1-3-6-29-17-13(21)7-11(8-14(17)22)9-15-18(25)24(20(27)23-15)10-12-4-5-16(30-12)19(26)28-2/h1,4-5,7-9H,6,10H2,2H3,(H,23,27)/b15-9-. The van der Waals surface area contributed by atoms with Crippen LogP contribution in [0.2, 0.25) is 10.0 Å². The summed E-state index contributed by atoms with van der Waals surface area (Å²) in [6.07, 6.45) is 6.57. The molecular weight excluding hydrogens is 435 g/mol. The van der Waals surface area contributed by atoms with Gasteiger partial charge in [-0.1, -0.05) is 29.1 Å². The van der Waals surface area contributed by atoms with Crippen molar-refractivity contribution in [1.29, 1.82) is 0 Å². The first-order valence-electron chi connectivity index (χ1n) is 8.41. The number of terminal acetylenes is 1. The molecule has 154 valence electrons. The van der Waals surface area contributed by atoms with Crippen molar-refractivity contribution in [2.45, 2.75) is 6.54 Å². The molecule has 1 saturated heterocycles. The number of urea groups is 1. The number of ether oxygens (including phenoxy) is 2. The summed E-state index contributed by atoms with van der Waals surface area (Å²) in [5.74, 6) is 1.48. The third-order valence-corrected chi connectivity index (χ3v) is 4.52. The first kappa shape index (κ1) is 21.3. The maximum absolute atomic E-state index is 12.6. The lowest BCUT2D eigenvalue weighted by Gasteiger charge is -2.09. The maximum atomic E-state index is 12.6. The molecule has 2 aromatic rings. The van der Waals surface area contributed by atoms with Crippen LogP contribution in [0.4, 0.5) is 4.79 Å². The molecule has 1 aromatic carbocycles. The van der Waals surface area contributed by atoms with Gasteiger partial charge in [0.05, 0.1) is 23.7 Å². The minimum absolute atomic E-state index is 0.00610. The summed E-state index contributed by atoms with van der Waals surface area (Å²) in [6, 6.07) is 5.26. The predicted octanol–water partition coefficient (Wildman–Crippen LogP) is 3.48. The van der Waals surface area contributed by atoms with Gasteiger partial charge >= 0.3 is 12.0 Å². The summed E-state index contributed by atoms with van der Waals surface area (Å²) in [4.78, 5) is 37.2. The van der Waals surface area contributed by atoms with Gasteiger partial charge in [-0.3, -0.25) is 9.69 Å². The van der Waals surface area contributed by atoms with E-state index in [0.29, 0.717) is 5.56 Å². The SMILES string of the molecule is C#CCOc1c(Cl)cc(/C=C2\NC(=O)N(Cc3ccc(C(=O)OC)o3)C2=O)cc1Cl. The molecule has 0 bridgehead atoms. The average molecular weight is 449 g/mol. The van der Waals surface area contributed by atoms with Crippen molar-refractivity contribution in [3.8, 4) is 18.1 Å². The zero-order valence-corrected chi connectivity index (χ0v) is 17.0. The lowest BCUT2D eigenvalue weighted by Crippen LogP contribution is -2.30. The van der Waals surface area contributed by atoms with Gasteiger partial charge in [0.1, 0.15) is 18.1 Å². The molecule has 2 heterocycles. The summed E-state index contributed by atoms with van der Waals surface area (Å²) in [7, 11) is 1.21. The molecule has 8 nitrogen and oxygen atoms in total. The van der Waals surface area contributed by atoms with Gasteiger partial charge in [-0.25, -0.2) is 9.59 Å². The number of rotatable bonds is 6. The second-order valence-corrected chi connectivity index (χ2v) is 6.76. The number of furan rings is 1. The number of carbonyl (C=O) groups is 3. The Bertz CT molecular complexity index is 1080. The Morgan fingerprint density at radius 3 is 2.63 bits per heavy atom. The number of methoxy groups -OCH3 is 1. The van der Waals surface area contributed by atoms with E-state index in [0.717, 1.165) is 4.90 Å².